The van der Waals surface area contributed by atoms with E-state index in [4.69, 9.17) is 4.42 Å². The number of benzene rings is 10. The van der Waals surface area contributed by atoms with Crippen molar-refractivity contribution in [3.05, 3.63) is 223 Å². The Morgan fingerprint density at radius 3 is 1.87 bits per heavy atom. The third-order valence-corrected chi connectivity index (χ3v) is 13.1. The first-order valence-electron chi connectivity index (χ1n) is 21.2. The second-order valence-corrected chi connectivity index (χ2v) is 16.8. The summed E-state index contributed by atoms with van der Waals surface area (Å²) in [5.74, 6) is 0. The molecule has 0 amide bonds. The smallest absolute Gasteiger partial charge is 0.136 e. The minimum absolute atomic E-state index is 0.173. The van der Waals surface area contributed by atoms with E-state index in [1.54, 1.807) is 0 Å². The van der Waals surface area contributed by atoms with E-state index in [1.165, 1.54) is 54.9 Å². The van der Waals surface area contributed by atoms with Crippen molar-refractivity contribution >= 4 is 60.5 Å². The SMILES string of the molecule is CC1(C)c2ccccc2-c2ccc(N(c3ccccc3-c3ccccc3)c3cccc(-c4ccc5c(c4)oc4ccccc45)c3-c3cc4ccccc4c4ccccc34)cc21. The Labute approximate surface area is 355 Å². The van der Waals surface area contributed by atoms with Gasteiger partial charge in [-0.3, -0.25) is 0 Å². The fourth-order valence-electron chi connectivity index (χ4n) is 10.2. The lowest BCUT2D eigenvalue weighted by Crippen LogP contribution is -2.17. The van der Waals surface area contributed by atoms with E-state index in [0.29, 0.717) is 0 Å². The fourth-order valence-corrected chi connectivity index (χ4v) is 10.2. The number of fused-ring (bicyclic) bond motifs is 9. The van der Waals surface area contributed by atoms with Gasteiger partial charge in [-0.25, -0.2) is 0 Å². The van der Waals surface area contributed by atoms with Gasteiger partial charge in [-0.05, 0) is 115 Å². The van der Waals surface area contributed by atoms with Crippen LogP contribution in [0.2, 0.25) is 0 Å². The summed E-state index contributed by atoms with van der Waals surface area (Å²) in [5.41, 5.74) is 17.1. The van der Waals surface area contributed by atoms with Crippen molar-refractivity contribution in [3.8, 4) is 44.5 Å². The molecule has 1 aliphatic rings. The van der Waals surface area contributed by atoms with E-state index in [9.17, 15) is 0 Å². The summed E-state index contributed by atoms with van der Waals surface area (Å²) < 4.78 is 6.55. The first kappa shape index (κ1) is 35.3. The molecule has 11 aromatic rings. The number of hydrogen-bond donors (Lipinski definition) is 0. The Balaban J connectivity index is 1.20. The standard InChI is InChI=1S/C59H41NO/c1-59(2)52-27-13-10-24-47(52)48-34-32-41(37-53(48)59)60(54-28-14-11-21-43(54)38-17-4-3-5-18-38)55-29-16-26-44(40-31-33-50-49-25-12-15-30-56(49)61-57(50)36-40)58(55)51-35-39-19-6-7-20-42(39)45-22-8-9-23-46(45)51/h3-37H,1-2H3. The molecule has 0 saturated carbocycles. The molecule has 0 saturated heterocycles. The summed E-state index contributed by atoms with van der Waals surface area (Å²) in [6, 6.07) is 77.7. The molecule has 12 rings (SSSR count). The zero-order valence-corrected chi connectivity index (χ0v) is 34.1. The predicted octanol–water partition coefficient (Wildman–Crippen LogP) is 16.7. The average molecular weight is 780 g/mol. The first-order valence-corrected chi connectivity index (χ1v) is 21.2. The van der Waals surface area contributed by atoms with E-state index in [-0.39, 0.29) is 5.41 Å². The third kappa shape index (κ3) is 5.49. The molecule has 2 nitrogen and oxygen atoms in total. The number of anilines is 3. The maximum Gasteiger partial charge on any atom is 0.136 e. The summed E-state index contributed by atoms with van der Waals surface area (Å²) in [5, 5.41) is 7.14. The largest absolute Gasteiger partial charge is 0.456 e. The van der Waals surface area contributed by atoms with Gasteiger partial charge in [0, 0.05) is 33.0 Å². The van der Waals surface area contributed by atoms with Gasteiger partial charge in [-0.1, -0.05) is 178 Å². The molecule has 0 bridgehead atoms. The molecular formula is C59H41NO. The van der Waals surface area contributed by atoms with Crippen molar-refractivity contribution in [2.24, 2.45) is 0 Å². The zero-order valence-electron chi connectivity index (χ0n) is 34.1. The van der Waals surface area contributed by atoms with Crippen LogP contribution in [0.3, 0.4) is 0 Å². The molecule has 288 valence electrons. The van der Waals surface area contributed by atoms with Crippen LogP contribution in [0, 0.1) is 0 Å². The van der Waals surface area contributed by atoms with Crippen LogP contribution >= 0.6 is 0 Å². The van der Waals surface area contributed by atoms with Gasteiger partial charge in [0.05, 0.1) is 11.4 Å². The maximum absolute atomic E-state index is 6.55. The van der Waals surface area contributed by atoms with Gasteiger partial charge >= 0.3 is 0 Å². The summed E-state index contributed by atoms with van der Waals surface area (Å²) in [6.45, 7) is 4.73. The Bertz CT molecular complexity index is 3520. The van der Waals surface area contributed by atoms with Gasteiger partial charge in [0.25, 0.3) is 0 Å². The van der Waals surface area contributed by atoms with Crippen LogP contribution < -0.4 is 4.90 Å². The minimum atomic E-state index is -0.173. The molecule has 10 aromatic carbocycles. The van der Waals surface area contributed by atoms with Crippen LogP contribution in [0.15, 0.2) is 217 Å². The van der Waals surface area contributed by atoms with Gasteiger partial charge in [0.2, 0.25) is 0 Å². The quantitative estimate of drug-likeness (QED) is 0.156. The highest BCUT2D eigenvalue weighted by Gasteiger charge is 2.36. The van der Waals surface area contributed by atoms with Crippen molar-refractivity contribution in [2.75, 3.05) is 4.90 Å². The lowest BCUT2D eigenvalue weighted by Gasteiger charge is -2.32. The molecule has 0 fully saturated rings. The molecule has 0 unspecified atom stereocenters. The Hall–Kier alpha value is -7.68. The summed E-state index contributed by atoms with van der Waals surface area (Å²) >= 11 is 0. The Morgan fingerprint density at radius 1 is 0.361 bits per heavy atom. The van der Waals surface area contributed by atoms with E-state index in [1.807, 2.05) is 6.07 Å². The Morgan fingerprint density at radius 2 is 1.00 bits per heavy atom. The van der Waals surface area contributed by atoms with Crippen molar-refractivity contribution < 1.29 is 4.42 Å². The van der Waals surface area contributed by atoms with Crippen LogP contribution in [0.1, 0.15) is 25.0 Å². The maximum atomic E-state index is 6.55. The monoisotopic (exact) mass is 779 g/mol. The van der Waals surface area contributed by atoms with Crippen LogP contribution in [0.4, 0.5) is 17.1 Å². The molecule has 1 heterocycles. The van der Waals surface area contributed by atoms with Gasteiger partial charge in [0.1, 0.15) is 11.2 Å². The third-order valence-electron chi connectivity index (χ3n) is 13.1. The van der Waals surface area contributed by atoms with Crippen LogP contribution in [0.5, 0.6) is 0 Å². The molecule has 1 aromatic heterocycles. The summed E-state index contributed by atoms with van der Waals surface area (Å²) in [4.78, 5) is 2.52. The molecule has 0 N–H and O–H groups in total. The topological polar surface area (TPSA) is 16.4 Å². The summed E-state index contributed by atoms with van der Waals surface area (Å²) in [7, 11) is 0. The molecule has 0 aliphatic heterocycles. The molecule has 0 radical (unpaired) electrons. The number of furan rings is 1. The normalized spacial score (nSPS) is 12.9. The number of para-hydroxylation sites is 2. The van der Waals surface area contributed by atoms with Crippen molar-refractivity contribution in [2.45, 2.75) is 19.3 Å². The molecule has 0 atom stereocenters. The zero-order chi connectivity index (χ0) is 40.7. The molecular weight excluding hydrogens is 739 g/mol. The predicted molar refractivity (Wildman–Crippen MR) is 257 cm³/mol. The molecule has 2 heteroatoms. The van der Waals surface area contributed by atoms with Crippen molar-refractivity contribution in [3.63, 3.8) is 0 Å². The number of hydrogen-bond acceptors (Lipinski definition) is 2. The van der Waals surface area contributed by atoms with Crippen LogP contribution in [0.25, 0.3) is 88.0 Å². The highest BCUT2D eigenvalue weighted by atomic mass is 16.3. The van der Waals surface area contributed by atoms with E-state index < -0.39 is 0 Å². The van der Waals surface area contributed by atoms with Gasteiger partial charge in [-0.15, -0.1) is 0 Å². The van der Waals surface area contributed by atoms with Crippen molar-refractivity contribution in [1.82, 2.24) is 0 Å². The lowest BCUT2D eigenvalue weighted by atomic mass is 9.82. The van der Waals surface area contributed by atoms with Gasteiger partial charge in [0.15, 0.2) is 0 Å². The Kier molecular flexibility index (Phi) is 7.92. The summed E-state index contributed by atoms with van der Waals surface area (Å²) in [6.07, 6.45) is 0. The molecule has 61 heavy (non-hydrogen) atoms. The van der Waals surface area contributed by atoms with E-state index in [2.05, 4.69) is 225 Å². The van der Waals surface area contributed by atoms with Crippen LogP contribution in [-0.2, 0) is 5.41 Å². The highest BCUT2D eigenvalue weighted by molar-refractivity contribution is 6.17. The fraction of sp³-hybridized carbons (Fsp3) is 0.0508. The molecule has 1 aliphatic carbocycles. The van der Waals surface area contributed by atoms with Gasteiger partial charge in [-0.2, -0.15) is 0 Å². The second-order valence-electron chi connectivity index (χ2n) is 16.8. The highest BCUT2D eigenvalue weighted by Crippen LogP contribution is 2.54. The second kappa shape index (κ2) is 13.7. The van der Waals surface area contributed by atoms with E-state index in [0.717, 1.165) is 61.3 Å². The number of nitrogens with zero attached hydrogens (tertiary/aromatic N) is 1. The average Bonchev–Trinajstić information content (AvgIpc) is 3.80. The van der Waals surface area contributed by atoms with E-state index >= 15 is 0 Å². The first-order chi connectivity index (χ1) is 30.0. The van der Waals surface area contributed by atoms with Gasteiger partial charge < -0.3 is 9.32 Å². The number of rotatable bonds is 6. The minimum Gasteiger partial charge on any atom is -0.456 e. The lowest BCUT2D eigenvalue weighted by molar-refractivity contribution is 0.660. The van der Waals surface area contributed by atoms with Crippen LogP contribution in [-0.4, -0.2) is 0 Å². The molecule has 0 spiro atoms. The van der Waals surface area contributed by atoms with Crippen molar-refractivity contribution in [1.29, 1.82) is 0 Å².